The van der Waals surface area contributed by atoms with Crippen LogP contribution in [0.25, 0.3) is 0 Å². The number of benzene rings is 1. The molecule has 0 aliphatic carbocycles. The minimum atomic E-state index is -3.76. The van der Waals surface area contributed by atoms with E-state index >= 15 is 0 Å². The molecule has 0 bridgehead atoms. The van der Waals surface area contributed by atoms with Gasteiger partial charge in [-0.3, -0.25) is 9.89 Å². The molecular formula is C15H17N3O4S. The van der Waals surface area contributed by atoms with Gasteiger partial charge in [-0.1, -0.05) is 30.3 Å². The fourth-order valence-corrected chi connectivity index (χ4v) is 4.60. The molecule has 0 radical (unpaired) electrons. The highest BCUT2D eigenvalue weighted by Gasteiger charge is 2.44. The molecule has 0 saturated carbocycles. The summed E-state index contributed by atoms with van der Waals surface area (Å²) < 4.78 is 26.7. The van der Waals surface area contributed by atoms with Crippen molar-refractivity contribution in [1.82, 2.24) is 14.5 Å². The smallest absolute Gasteiger partial charge is 0.308 e. The Morgan fingerprint density at radius 2 is 2.00 bits per heavy atom. The standard InChI is InChI=1S/C15H17N3O4S/c1-10-14(7-16-17-10)23(21,22)18-8-12(13(9-18)15(19)20)11-5-3-2-4-6-11/h2-7,12-13H,8-9H2,1H3,(H,16,17)(H,19,20)/t12-,13+/m1/s1. The van der Waals surface area contributed by atoms with Crippen molar-refractivity contribution in [1.29, 1.82) is 0 Å². The van der Waals surface area contributed by atoms with Crippen LogP contribution in [0.3, 0.4) is 0 Å². The van der Waals surface area contributed by atoms with Crippen molar-refractivity contribution < 1.29 is 18.3 Å². The third-order valence-corrected chi connectivity index (χ3v) is 6.18. The molecule has 1 aliphatic heterocycles. The van der Waals surface area contributed by atoms with E-state index < -0.39 is 21.9 Å². The largest absolute Gasteiger partial charge is 0.481 e. The van der Waals surface area contributed by atoms with E-state index in [1.165, 1.54) is 10.5 Å². The SMILES string of the molecule is Cc1[nH]ncc1S(=O)(=O)N1C[C@H](C(=O)O)[C@@H](c2ccccc2)C1. The minimum absolute atomic E-state index is 0.0398. The van der Waals surface area contributed by atoms with Crippen molar-refractivity contribution >= 4 is 16.0 Å². The number of nitrogens with zero attached hydrogens (tertiary/aromatic N) is 2. The Bertz CT molecular complexity index is 816. The van der Waals surface area contributed by atoms with Crippen LogP contribution in [0.15, 0.2) is 41.4 Å². The Labute approximate surface area is 134 Å². The summed E-state index contributed by atoms with van der Waals surface area (Å²) in [4.78, 5) is 11.7. The molecule has 0 amide bonds. The summed E-state index contributed by atoms with van der Waals surface area (Å²) in [6, 6.07) is 9.16. The lowest BCUT2D eigenvalue weighted by Crippen LogP contribution is -2.30. The first-order chi connectivity index (χ1) is 10.9. The van der Waals surface area contributed by atoms with Crippen molar-refractivity contribution in [2.24, 2.45) is 5.92 Å². The number of carbonyl (C=O) groups is 1. The van der Waals surface area contributed by atoms with Gasteiger partial charge in [-0.25, -0.2) is 8.42 Å². The summed E-state index contributed by atoms with van der Waals surface area (Å²) in [5.74, 6) is -2.12. The first-order valence-electron chi connectivity index (χ1n) is 7.19. The summed E-state index contributed by atoms with van der Waals surface area (Å²) in [7, 11) is -3.76. The van der Waals surface area contributed by atoms with Crippen LogP contribution in [0.4, 0.5) is 0 Å². The van der Waals surface area contributed by atoms with Crippen molar-refractivity contribution in [3.05, 3.63) is 47.8 Å². The van der Waals surface area contributed by atoms with Gasteiger partial charge in [0.2, 0.25) is 10.0 Å². The monoisotopic (exact) mass is 335 g/mol. The highest BCUT2D eigenvalue weighted by atomic mass is 32.2. The zero-order chi connectivity index (χ0) is 16.6. The number of aromatic amines is 1. The molecule has 2 N–H and O–H groups in total. The Morgan fingerprint density at radius 3 is 2.57 bits per heavy atom. The molecule has 0 spiro atoms. The summed E-state index contributed by atoms with van der Waals surface area (Å²) >= 11 is 0. The van der Waals surface area contributed by atoms with E-state index in [2.05, 4.69) is 10.2 Å². The molecule has 2 heterocycles. The molecule has 2 atom stereocenters. The second kappa shape index (κ2) is 5.78. The van der Waals surface area contributed by atoms with E-state index in [4.69, 9.17) is 0 Å². The number of aliphatic carboxylic acids is 1. The zero-order valence-corrected chi connectivity index (χ0v) is 13.3. The van der Waals surface area contributed by atoms with E-state index in [1.807, 2.05) is 30.3 Å². The average Bonchev–Trinajstić information content (AvgIpc) is 3.15. The van der Waals surface area contributed by atoms with Crippen LogP contribution in [-0.4, -0.2) is 47.1 Å². The second-order valence-electron chi connectivity index (χ2n) is 5.64. The fraction of sp³-hybridized carbons (Fsp3) is 0.333. The molecule has 1 saturated heterocycles. The minimum Gasteiger partial charge on any atom is -0.481 e. The lowest BCUT2D eigenvalue weighted by molar-refractivity contribution is -0.141. The van der Waals surface area contributed by atoms with Crippen LogP contribution in [0.1, 0.15) is 17.2 Å². The zero-order valence-electron chi connectivity index (χ0n) is 12.5. The third-order valence-electron chi connectivity index (χ3n) is 4.23. The highest BCUT2D eigenvalue weighted by Crippen LogP contribution is 2.36. The highest BCUT2D eigenvalue weighted by molar-refractivity contribution is 7.89. The number of hydrogen-bond donors (Lipinski definition) is 2. The van der Waals surface area contributed by atoms with Gasteiger partial charge in [0.25, 0.3) is 0 Å². The maximum atomic E-state index is 12.7. The molecule has 1 aliphatic rings. The van der Waals surface area contributed by atoms with Gasteiger partial charge in [-0.2, -0.15) is 9.40 Å². The van der Waals surface area contributed by atoms with E-state index in [9.17, 15) is 18.3 Å². The molecule has 1 aromatic carbocycles. The molecular weight excluding hydrogens is 318 g/mol. The Balaban J connectivity index is 1.95. The van der Waals surface area contributed by atoms with Gasteiger partial charge >= 0.3 is 5.97 Å². The average molecular weight is 335 g/mol. The van der Waals surface area contributed by atoms with Gasteiger partial charge in [0.1, 0.15) is 4.90 Å². The molecule has 23 heavy (non-hydrogen) atoms. The Morgan fingerprint density at radius 1 is 1.30 bits per heavy atom. The fourth-order valence-electron chi connectivity index (χ4n) is 2.99. The second-order valence-corrected chi connectivity index (χ2v) is 7.55. The molecule has 1 aromatic heterocycles. The number of carboxylic acid groups (broad SMARTS) is 1. The van der Waals surface area contributed by atoms with Crippen LogP contribution >= 0.6 is 0 Å². The van der Waals surface area contributed by atoms with Gasteiger partial charge in [0.15, 0.2) is 0 Å². The topological polar surface area (TPSA) is 103 Å². The Kier molecular flexibility index (Phi) is 3.95. The van der Waals surface area contributed by atoms with Gasteiger partial charge in [0.05, 0.1) is 17.8 Å². The summed E-state index contributed by atoms with van der Waals surface area (Å²) in [5.41, 5.74) is 1.28. The van der Waals surface area contributed by atoms with Gasteiger partial charge < -0.3 is 5.11 Å². The Hall–Kier alpha value is -2.19. The van der Waals surface area contributed by atoms with E-state index in [-0.39, 0.29) is 23.9 Å². The van der Waals surface area contributed by atoms with Crippen molar-refractivity contribution in [2.75, 3.05) is 13.1 Å². The number of aryl methyl sites for hydroxylation is 1. The van der Waals surface area contributed by atoms with E-state index in [0.717, 1.165) is 5.56 Å². The lowest BCUT2D eigenvalue weighted by Gasteiger charge is -2.16. The number of sulfonamides is 1. The number of H-pyrrole nitrogens is 1. The van der Waals surface area contributed by atoms with Crippen molar-refractivity contribution in [3.8, 4) is 0 Å². The lowest BCUT2D eigenvalue weighted by atomic mass is 9.89. The number of rotatable bonds is 4. The molecule has 0 unspecified atom stereocenters. The van der Waals surface area contributed by atoms with Crippen LogP contribution in [0.5, 0.6) is 0 Å². The van der Waals surface area contributed by atoms with Crippen LogP contribution in [0.2, 0.25) is 0 Å². The number of carboxylic acids is 1. The first-order valence-corrected chi connectivity index (χ1v) is 8.63. The maximum Gasteiger partial charge on any atom is 0.308 e. The van der Waals surface area contributed by atoms with Crippen molar-refractivity contribution in [2.45, 2.75) is 17.7 Å². The summed E-state index contributed by atoms with van der Waals surface area (Å²) in [5, 5.41) is 15.8. The number of hydrogen-bond acceptors (Lipinski definition) is 4. The first kappa shape index (κ1) is 15.7. The molecule has 7 nitrogen and oxygen atoms in total. The predicted molar refractivity (Wildman–Crippen MR) is 82.4 cm³/mol. The van der Waals surface area contributed by atoms with Gasteiger partial charge in [-0.05, 0) is 12.5 Å². The maximum absolute atomic E-state index is 12.7. The van der Waals surface area contributed by atoms with E-state index in [1.54, 1.807) is 6.92 Å². The van der Waals surface area contributed by atoms with Crippen LogP contribution < -0.4 is 0 Å². The van der Waals surface area contributed by atoms with Gasteiger partial charge in [-0.15, -0.1) is 0 Å². The molecule has 122 valence electrons. The van der Waals surface area contributed by atoms with Crippen LogP contribution in [-0.2, 0) is 14.8 Å². The molecule has 2 aromatic rings. The van der Waals surface area contributed by atoms with Crippen molar-refractivity contribution in [3.63, 3.8) is 0 Å². The normalized spacial score (nSPS) is 22.3. The predicted octanol–water partition coefficient (Wildman–Crippen LogP) is 1.21. The molecule has 3 rings (SSSR count). The summed E-state index contributed by atoms with van der Waals surface area (Å²) in [6.45, 7) is 1.73. The molecule has 1 fully saturated rings. The summed E-state index contributed by atoms with van der Waals surface area (Å²) in [6.07, 6.45) is 1.26. The van der Waals surface area contributed by atoms with Crippen LogP contribution in [0, 0.1) is 12.8 Å². The number of aromatic nitrogens is 2. The molecule has 8 heteroatoms. The third kappa shape index (κ3) is 2.75. The number of nitrogens with one attached hydrogen (secondary N) is 1. The van der Waals surface area contributed by atoms with Gasteiger partial charge in [0, 0.05) is 19.0 Å². The van der Waals surface area contributed by atoms with E-state index in [0.29, 0.717) is 5.69 Å². The quantitative estimate of drug-likeness (QED) is 0.874.